The summed E-state index contributed by atoms with van der Waals surface area (Å²) in [5, 5.41) is 9.00. The molecule has 1 N–H and O–H groups in total. The van der Waals surface area contributed by atoms with Gasteiger partial charge in [-0.05, 0) is 43.4 Å². The molecule has 2 aliphatic rings. The van der Waals surface area contributed by atoms with E-state index in [1.165, 1.54) is 44.9 Å². The molecule has 3 nitrogen and oxygen atoms in total. The van der Waals surface area contributed by atoms with Gasteiger partial charge in [0.1, 0.15) is 11.7 Å². The van der Waals surface area contributed by atoms with Gasteiger partial charge in [0.05, 0.1) is 0 Å². The van der Waals surface area contributed by atoms with Crippen LogP contribution in [-0.4, -0.2) is 16.9 Å². The number of hydrogen-bond acceptors (Lipinski definition) is 2. The van der Waals surface area contributed by atoms with Crippen LogP contribution >= 0.6 is 0 Å². The van der Waals surface area contributed by atoms with E-state index >= 15 is 0 Å². The number of carboxylic acid groups (broad SMARTS) is 1. The summed E-state index contributed by atoms with van der Waals surface area (Å²) < 4.78 is 0. The zero-order chi connectivity index (χ0) is 14.5. The minimum atomic E-state index is -0.920. The van der Waals surface area contributed by atoms with E-state index in [1.54, 1.807) is 0 Å². The number of unbranched alkanes of at least 4 members (excludes halogenated alkanes) is 1. The van der Waals surface area contributed by atoms with Crippen LogP contribution < -0.4 is 0 Å². The van der Waals surface area contributed by atoms with Crippen LogP contribution in [-0.2, 0) is 9.59 Å². The van der Waals surface area contributed by atoms with Crippen molar-refractivity contribution >= 4 is 11.8 Å². The number of carboxylic acids is 1. The van der Waals surface area contributed by atoms with E-state index in [1.807, 2.05) is 0 Å². The third kappa shape index (κ3) is 3.83. The van der Waals surface area contributed by atoms with Crippen LogP contribution in [0.1, 0.15) is 71.1 Å². The first kappa shape index (κ1) is 15.5. The smallest absolute Gasteiger partial charge is 0.314 e. The molecule has 2 rings (SSSR count). The first-order chi connectivity index (χ1) is 9.61. The summed E-state index contributed by atoms with van der Waals surface area (Å²) in [5.41, 5.74) is 0. The molecule has 0 saturated heterocycles. The summed E-state index contributed by atoms with van der Waals surface area (Å²) in [6, 6.07) is 0. The molecule has 0 heterocycles. The van der Waals surface area contributed by atoms with E-state index in [2.05, 4.69) is 6.92 Å². The number of ketones is 1. The molecule has 20 heavy (non-hydrogen) atoms. The van der Waals surface area contributed by atoms with Crippen molar-refractivity contribution in [3.63, 3.8) is 0 Å². The lowest BCUT2D eigenvalue weighted by atomic mass is 9.68. The van der Waals surface area contributed by atoms with Gasteiger partial charge in [-0.1, -0.05) is 39.0 Å². The van der Waals surface area contributed by atoms with Crippen LogP contribution in [0.2, 0.25) is 0 Å². The lowest BCUT2D eigenvalue weighted by Crippen LogP contribution is -2.34. The second-order valence-corrected chi connectivity index (χ2v) is 6.82. The molecule has 2 fully saturated rings. The Morgan fingerprint density at radius 1 is 1.10 bits per heavy atom. The Morgan fingerprint density at radius 2 is 1.75 bits per heavy atom. The fourth-order valence-electron chi connectivity index (χ4n) is 4.15. The second-order valence-electron chi connectivity index (χ2n) is 6.82. The van der Waals surface area contributed by atoms with E-state index in [0.29, 0.717) is 24.7 Å². The Kier molecular flexibility index (Phi) is 5.62. The topological polar surface area (TPSA) is 54.4 Å². The fraction of sp³-hybridized carbons (Fsp3) is 0.882. The van der Waals surface area contributed by atoms with Crippen molar-refractivity contribution in [2.75, 3.05) is 0 Å². The number of Topliss-reactive ketones (excluding diaryl/α,β-unsaturated/α-hetero) is 1. The number of carbonyl (C=O) groups excluding carboxylic acids is 1. The third-order valence-electron chi connectivity index (χ3n) is 5.50. The van der Waals surface area contributed by atoms with Gasteiger partial charge in [0, 0.05) is 6.42 Å². The van der Waals surface area contributed by atoms with Gasteiger partial charge in [-0.3, -0.25) is 9.59 Å². The van der Waals surface area contributed by atoms with E-state index in [4.69, 9.17) is 5.11 Å². The number of carbonyl (C=O) groups is 2. The summed E-state index contributed by atoms with van der Waals surface area (Å²) in [7, 11) is 0. The fourth-order valence-corrected chi connectivity index (χ4v) is 4.15. The normalized spacial score (nSPS) is 35.0. The largest absolute Gasteiger partial charge is 0.481 e. The average Bonchev–Trinajstić information content (AvgIpc) is 2.45. The molecular formula is C17H28O3. The minimum Gasteiger partial charge on any atom is -0.481 e. The lowest BCUT2D eigenvalue weighted by molar-refractivity contribution is -0.148. The molecule has 0 bridgehead atoms. The molecule has 0 aromatic carbocycles. The number of aliphatic carboxylic acids is 1. The zero-order valence-electron chi connectivity index (χ0n) is 12.6. The first-order valence-electron chi connectivity index (χ1n) is 8.37. The van der Waals surface area contributed by atoms with E-state index in [9.17, 15) is 9.59 Å². The Labute approximate surface area is 122 Å². The molecule has 114 valence electrons. The predicted octanol–water partition coefficient (Wildman–Crippen LogP) is 4.05. The van der Waals surface area contributed by atoms with Crippen LogP contribution in [0.4, 0.5) is 0 Å². The highest BCUT2D eigenvalue weighted by molar-refractivity contribution is 5.98. The van der Waals surface area contributed by atoms with Gasteiger partial charge in [-0.15, -0.1) is 0 Å². The van der Waals surface area contributed by atoms with Gasteiger partial charge in [0.2, 0.25) is 0 Å². The molecule has 0 aromatic rings. The van der Waals surface area contributed by atoms with Crippen molar-refractivity contribution in [3.8, 4) is 0 Å². The summed E-state index contributed by atoms with van der Waals surface area (Å²) in [5.74, 6) is 0.375. The quantitative estimate of drug-likeness (QED) is 0.773. The van der Waals surface area contributed by atoms with Gasteiger partial charge in [-0.2, -0.15) is 0 Å². The zero-order valence-corrected chi connectivity index (χ0v) is 12.6. The third-order valence-corrected chi connectivity index (χ3v) is 5.50. The Morgan fingerprint density at radius 3 is 2.30 bits per heavy atom. The highest BCUT2D eigenvalue weighted by Crippen LogP contribution is 2.41. The molecule has 2 saturated carbocycles. The average molecular weight is 280 g/mol. The van der Waals surface area contributed by atoms with Gasteiger partial charge in [0.15, 0.2) is 0 Å². The Bertz CT molecular complexity index is 342. The van der Waals surface area contributed by atoms with Crippen molar-refractivity contribution in [2.45, 2.75) is 71.1 Å². The second kappa shape index (κ2) is 7.24. The standard InChI is InChI=1S/C17H28O3/c1-2-3-4-12-5-7-13(8-6-12)14-9-10-15(17(19)20)16(18)11-14/h12-15H,2-11H2,1H3,(H,19,20). The van der Waals surface area contributed by atoms with Crippen molar-refractivity contribution in [2.24, 2.45) is 23.7 Å². The molecule has 0 aromatic heterocycles. The molecule has 2 atom stereocenters. The summed E-state index contributed by atoms with van der Waals surface area (Å²) in [6.45, 7) is 2.25. The van der Waals surface area contributed by atoms with Gasteiger partial charge < -0.3 is 5.11 Å². The van der Waals surface area contributed by atoms with Gasteiger partial charge in [-0.25, -0.2) is 0 Å². The van der Waals surface area contributed by atoms with Crippen LogP contribution in [0.15, 0.2) is 0 Å². The Hall–Kier alpha value is -0.860. The molecule has 2 aliphatic carbocycles. The monoisotopic (exact) mass is 280 g/mol. The molecule has 0 amide bonds. The highest BCUT2D eigenvalue weighted by Gasteiger charge is 2.37. The number of rotatable bonds is 5. The minimum absolute atomic E-state index is 0.0261. The van der Waals surface area contributed by atoms with Crippen molar-refractivity contribution in [3.05, 3.63) is 0 Å². The van der Waals surface area contributed by atoms with Crippen LogP contribution in [0.5, 0.6) is 0 Å². The van der Waals surface area contributed by atoms with Crippen LogP contribution in [0.25, 0.3) is 0 Å². The summed E-state index contributed by atoms with van der Waals surface area (Å²) >= 11 is 0. The highest BCUT2D eigenvalue weighted by atomic mass is 16.4. The lowest BCUT2D eigenvalue weighted by Gasteiger charge is -2.36. The molecular weight excluding hydrogens is 252 g/mol. The maximum Gasteiger partial charge on any atom is 0.314 e. The molecule has 0 spiro atoms. The maximum absolute atomic E-state index is 11.9. The molecule has 2 unspecified atom stereocenters. The summed E-state index contributed by atoms with van der Waals surface area (Å²) in [4.78, 5) is 22.9. The first-order valence-corrected chi connectivity index (χ1v) is 8.37. The summed E-state index contributed by atoms with van der Waals surface area (Å²) in [6.07, 6.45) is 11.2. The number of hydrogen-bond donors (Lipinski definition) is 1. The van der Waals surface area contributed by atoms with E-state index in [-0.39, 0.29) is 5.78 Å². The van der Waals surface area contributed by atoms with Gasteiger partial charge >= 0.3 is 5.97 Å². The van der Waals surface area contributed by atoms with Crippen molar-refractivity contribution in [1.29, 1.82) is 0 Å². The van der Waals surface area contributed by atoms with Crippen LogP contribution in [0.3, 0.4) is 0 Å². The molecule has 0 aliphatic heterocycles. The van der Waals surface area contributed by atoms with Crippen molar-refractivity contribution in [1.82, 2.24) is 0 Å². The molecule has 3 heteroatoms. The Balaban J connectivity index is 1.77. The van der Waals surface area contributed by atoms with Gasteiger partial charge in [0.25, 0.3) is 0 Å². The van der Waals surface area contributed by atoms with E-state index < -0.39 is 11.9 Å². The predicted molar refractivity (Wildman–Crippen MR) is 78.4 cm³/mol. The van der Waals surface area contributed by atoms with Crippen molar-refractivity contribution < 1.29 is 14.7 Å². The maximum atomic E-state index is 11.9. The van der Waals surface area contributed by atoms with E-state index in [0.717, 1.165) is 12.3 Å². The molecule has 0 radical (unpaired) electrons. The van der Waals surface area contributed by atoms with Crippen LogP contribution in [0, 0.1) is 23.7 Å². The SMILES string of the molecule is CCCCC1CCC(C2CCC(C(=O)O)C(=O)C2)CC1.